The van der Waals surface area contributed by atoms with Gasteiger partial charge in [0.2, 0.25) is 0 Å². The Kier molecular flexibility index (Phi) is 3.28. The molecule has 5 heteroatoms. The third-order valence-corrected chi connectivity index (χ3v) is 2.60. The number of carbonyl (C=O) groups is 2. The second-order valence-corrected chi connectivity index (χ2v) is 3.63. The molecule has 2 rings (SSSR count). The second-order valence-electron chi connectivity index (χ2n) is 3.63. The highest BCUT2D eigenvalue weighted by Gasteiger charge is 2.44. The third-order valence-electron chi connectivity index (χ3n) is 2.60. The maximum Gasteiger partial charge on any atom is 0.337 e. The molecule has 2 aliphatic rings. The van der Waals surface area contributed by atoms with Crippen molar-refractivity contribution >= 4 is 11.9 Å². The predicted octanol–water partition coefficient (Wildman–Crippen LogP) is 0.746. The molecule has 0 aromatic carbocycles. The molecule has 0 N–H and O–H groups in total. The van der Waals surface area contributed by atoms with Gasteiger partial charge in [-0.1, -0.05) is 12.2 Å². The van der Waals surface area contributed by atoms with Crippen LogP contribution in [-0.4, -0.2) is 37.4 Å². The lowest BCUT2D eigenvalue weighted by atomic mass is 9.97. The van der Waals surface area contributed by atoms with Gasteiger partial charge in [-0.15, -0.1) is 0 Å². The molecule has 0 radical (unpaired) electrons. The second kappa shape index (κ2) is 4.71. The van der Waals surface area contributed by atoms with Crippen molar-refractivity contribution in [1.29, 1.82) is 0 Å². The Bertz CT molecular complexity index is 371. The monoisotopic (exact) mass is 238 g/mol. The summed E-state index contributed by atoms with van der Waals surface area (Å²) in [7, 11) is 0. The first-order chi connectivity index (χ1) is 8.19. The zero-order valence-corrected chi connectivity index (χ0v) is 9.76. The molecule has 0 aromatic rings. The van der Waals surface area contributed by atoms with E-state index in [2.05, 4.69) is 0 Å². The van der Waals surface area contributed by atoms with Gasteiger partial charge in [0.25, 0.3) is 0 Å². The summed E-state index contributed by atoms with van der Waals surface area (Å²) in [6.07, 6.45) is 2.55. The van der Waals surface area contributed by atoms with Gasteiger partial charge in [0.05, 0.1) is 24.4 Å². The quantitative estimate of drug-likeness (QED) is 0.534. The number of esters is 2. The van der Waals surface area contributed by atoms with Crippen molar-refractivity contribution in [2.24, 2.45) is 0 Å². The van der Waals surface area contributed by atoms with Gasteiger partial charge in [-0.25, -0.2) is 9.59 Å². The topological polar surface area (TPSA) is 61.8 Å². The smallest absolute Gasteiger partial charge is 0.337 e. The lowest BCUT2D eigenvalue weighted by molar-refractivity contribution is -0.141. The molecular formula is C12H14O5. The molecule has 92 valence electrons. The zero-order valence-electron chi connectivity index (χ0n) is 9.76. The fraction of sp³-hybridized carbons (Fsp3) is 0.500. The number of ether oxygens (including phenoxy) is 3. The Morgan fingerprint density at radius 2 is 1.47 bits per heavy atom. The molecule has 2 heterocycles. The van der Waals surface area contributed by atoms with Crippen molar-refractivity contribution in [2.45, 2.75) is 26.1 Å². The van der Waals surface area contributed by atoms with E-state index < -0.39 is 24.1 Å². The molecule has 0 saturated carbocycles. The summed E-state index contributed by atoms with van der Waals surface area (Å²) >= 11 is 0. The molecule has 17 heavy (non-hydrogen) atoms. The van der Waals surface area contributed by atoms with Gasteiger partial charge in [-0.3, -0.25) is 0 Å². The Labute approximate surface area is 99.0 Å². The third kappa shape index (κ3) is 1.98. The van der Waals surface area contributed by atoms with Crippen molar-refractivity contribution in [2.75, 3.05) is 13.2 Å². The average Bonchev–Trinajstić information content (AvgIpc) is 2.89. The highest BCUT2D eigenvalue weighted by Crippen LogP contribution is 2.35. The van der Waals surface area contributed by atoms with Crippen molar-refractivity contribution < 1.29 is 23.8 Å². The summed E-state index contributed by atoms with van der Waals surface area (Å²) in [5, 5.41) is 0. The summed E-state index contributed by atoms with van der Waals surface area (Å²) < 4.78 is 15.3. The fourth-order valence-corrected chi connectivity index (χ4v) is 1.96. The van der Waals surface area contributed by atoms with Gasteiger partial charge in [-0.2, -0.15) is 0 Å². The van der Waals surface area contributed by atoms with Crippen LogP contribution < -0.4 is 0 Å². The molecule has 5 nitrogen and oxygen atoms in total. The first-order valence-electron chi connectivity index (χ1n) is 5.61. The van der Waals surface area contributed by atoms with Crippen LogP contribution in [0.3, 0.4) is 0 Å². The first kappa shape index (κ1) is 11.9. The van der Waals surface area contributed by atoms with Crippen LogP contribution in [-0.2, 0) is 23.8 Å². The molecule has 2 aliphatic heterocycles. The fourth-order valence-electron chi connectivity index (χ4n) is 1.96. The van der Waals surface area contributed by atoms with Crippen LogP contribution in [0.1, 0.15) is 13.8 Å². The Hall–Kier alpha value is -1.62. The molecule has 0 aliphatic carbocycles. The van der Waals surface area contributed by atoms with Gasteiger partial charge in [0.1, 0.15) is 12.2 Å². The van der Waals surface area contributed by atoms with Gasteiger partial charge in [-0.05, 0) is 13.8 Å². The largest absolute Gasteiger partial charge is 0.463 e. The molecule has 0 fully saturated rings. The normalized spacial score (nSPS) is 25.3. The first-order valence-corrected chi connectivity index (χ1v) is 5.61. The van der Waals surface area contributed by atoms with Crippen LogP contribution in [0.25, 0.3) is 0 Å². The van der Waals surface area contributed by atoms with E-state index >= 15 is 0 Å². The highest BCUT2D eigenvalue weighted by atomic mass is 16.6. The standard InChI is InChI=1S/C12H14O5/c1-3-15-11(13)9-7-5-6-8(17-7)10(9)12(14)16-4-2/h5-8H,3-4H2,1-2H3. The van der Waals surface area contributed by atoms with Crippen LogP contribution in [0.15, 0.2) is 23.3 Å². The highest BCUT2D eigenvalue weighted by molar-refractivity contribution is 6.04. The number of rotatable bonds is 4. The van der Waals surface area contributed by atoms with Crippen LogP contribution in [0.5, 0.6) is 0 Å². The lowest BCUT2D eigenvalue weighted by Crippen LogP contribution is -2.22. The lowest BCUT2D eigenvalue weighted by Gasteiger charge is -2.11. The molecule has 2 atom stereocenters. The molecule has 2 bridgehead atoms. The summed E-state index contributed by atoms with van der Waals surface area (Å²) in [5.74, 6) is -1.01. The van der Waals surface area contributed by atoms with E-state index in [4.69, 9.17) is 14.2 Å². The van der Waals surface area contributed by atoms with Crippen molar-refractivity contribution in [3.8, 4) is 0 Å². The van der Waals surface area contributed by atoms with Gasteiger partial charge in [0, 0.05) is 0 Å². The Morgan fingerprint density at radius 1 is 1.06 bits per heavy atom. The average molecular weight is 238 g/mol. The molecule has 0 amide bonds. The summed E-state index contributed by atoms with van der Waals surface area (Å²) in [4.78, 5) is 23.5. The predicted molar refractivity (Wildman–Crippen MR) is 58.1 cm³/mol. The van der Waals surface area contributed by atoms with Gasteiger partial charge < -0.3 is 14.2 Å². The zero-order chi connectivity index (χ0) is 12.4. The minimum absolute atomic E-state index is 0.263. The number of hydrogen-bond acceptors (Lipinski definition) is 5. The van der Waals surface area contributed by atoms with E-state index in [0.717, 1.165) is 0 Å². The molecule has 0 aromatic heterocycles. The molecule has 2 unspecified atom stereocenters. The van der Waals surface area contributed by atoms with Crippen LogP contribution in [0.4, 0.5) is 0 Å². The molecule has 0 spiro atoms. The maximum absolute atomic E-state index is 11.8. The van der Waals surface area contributed by atoms with E-state index in [1.54, 1.807) is 26.0 Å². The minimum atomic E-state index is -0.507. The van der Waals surface area contributed by atoms with Crippen LogP contribution in [0.2, 0.25) is 0 Å². The van der Waals surface area contributed by atoms with Crippen molar-refractivity contribution in [3.63, 3.8) is 0 Å². The van der Waals surface area contributed by atoms with Crippen molar-refractivity contribution in [1.82, 2.24) is 0 Å². The SMILES string of the molecule is CCOC(=O)C1=C(C(=O)OCC)C2C=CC1O2. The summed E-state index contributed by atoms with van der Waals surface area (Å²) in [6, 6.07) is 0. The Morgan fingerprint density at radius 3 is 1.82 bits per heavy atom. The maximum atomic E-state index is 11.8. The summed E-state index contributed by atoms with van der Waals surface area (Å²) in [5.41, 5.74) is 0.551. The van der Waals surface area contributed by atoms with E-state index in [0.29, 0.717) is 0 Å². The number of fused-ring (bicyclic) bond motifs is 2. The van der Waals surface area contributed by atoms with Crippen LogP contribution >= 0.6 is 0 Å². The van der Waals surface area contributed by atoms with E-state index in [-0.39, 0.29) is 24.4 Å². The summed E-state index contributed by atoms with van der Waals surface area (Å²) in [6.45, 7) is 3.96. The van der Waals surface area contributed by atoms with Crippen LogP contribution in [0, 0.1) is 0 Å². The van der Waals surface area contributed by atoms with E-state index in [1.807, 2.05) is 0 Å². The van der Waals surface area contributed by atoms with Gasteiger partial charge in [0.15, 0.2) is 0 Å². The molecule has 0 saturated heterocycles. The molecular weight excluding hydrogens is 224 g/mol. The Balaban J connectivity index is 2.28. The van der Waals surface area contributed by atoms with E-state index in [9.17, 15) is 9.59 Å². The van der Waals surface area contributed by atoms with Gasteiger partial charge >= 0.3 is 11.9 Å². The number of carbonyl (C=O) groups excluding carboxylic acids is 2. The van der Waals surface area contributed by atoms with Crippen molar-refractivity contribution in [3.05, 3.63) is 23.3 Å². The number of hydrogen-bond donors (Lipinski definition) is 0. The van der Waals surface area contributed by atoms with E-state index in [1.165, 1.54) is 0 Å². The minimum Gasteiger partial charge on any atom is -0.463 e.